The fraction of sp³-hybridized carbons (Fsp3) is 0.348. The molecule has 30 heavy (non-hydrogen) atoms. The maximum atomic E-state index is 12.6. The molecule has 0 spiro atoms. The smallest absolute Gasteiger partial charge is 0.407 e. The van der Waals surface area contributed by atoms with Crippen LogP contribution in [0.15, 0.2) is 54.6 Å². The molecule has 0 saturated carbocycles. The number of amides is 2. The summed E-state index contributed by atoms with van der Waals surface area (Å²) in [5.41, 5.74) is 1.56. The van der Waals surface area contributed by atoms with Crippen molar-refractivity contribution < 1.29 is 23.9 Å². The molecule has 2 N–H and O–H groups in total. The third-order valence-electron chi connectivity index (χ3n) is 4.13. The van der Waals surface area contributed by atoms with Crippen LogP contribution in [0.25, 0.3) is 0 Å². The van der Waals surface area contributed by atoms with Crippen LogP contribution in [0, 0.1) is 0 Å². The summed E-state index contributed by atoms with van der Waals surface area (Å²) in [6.07, 6.45) is -0.178. The number of hydrogen-bond acceptors (Lipinski definition) is 5. The number of methoxy groups -OCH3 is 1. The molecule has 0 bridgehead atoms. The molecule has 0 aliphatic rings. The summed E-state index contributed by atoms with van der Waals surface area (Å²) in [4.78, 5) is 36.4. The minimum Gasteiger partial charge on any atom is -0.467 e. The van der Waals surface area contributed by atoms with Gasteiger partial charge >= 0.3 is 12.1 Å². The molecule has 2 amide bonds. The highest BCUT2D eigenvalue weighted by Gasteiger charge is 2.22. The average Bonchev–Trinajstić information content (AvgIpc) is 2.71. The van der Waals surface area contributed by atoms with Gasteiger partial charge in [0.1, 0.15) is 11.6 Å². The summed E-state index contributed by atoms with van der Waals surface area (Å²) in [6.45, 7) is 5.65. The molecule has 7 heteroatoms. The molecular weight excluding hydrogens is 384 g/mol. The molecule has 0 fully saturated rings. The Morgan fingerprint density at radius 2 is 1.57 bits per heavy atom. The molecule has 2 aromatic carbocycles. The number of benzene rings is 2. The van der Waals surface area contributed by atoms with Crippen LogP contribution in [-0.2, 0) is 27.2 Å². The summed E-state index contributed by atoms with van der Waals surface area (Å²) in [5, 5.41) is 5.39. The van der Waals surface area contributed by atoms with Crippen molar-refractivity contribution in [3.05, 3.63) is 71.3 Å². The van der Waals surface area contributed by atoms with Crippen LogP contribution in [-0.4, -0.2) is 36.7 Å². The highest BCUT2D eigenvalue weighted by Crippen LogP contribution is 2.10. The van der Waals surface area contributed by atoms with Crippen molar-refractivity contribution in [2.75, 3.05) is 7.11 Å². The van der Waals surface area contributed by atoms with Gasteiger partial charge in [0.05, 0.1) is 7.11 Å². The second-order valence-corrected chi connectivity index (χ2v) is 7.79. The lowest BCUT2D eigenvalue weighted by Crippen LogP contribution is -2.43. The Morgan fingerprint density at radius 1 is 0.933 bits per heavy atom. The van der Waals surface area contributed by atoms with Gasteiger partial charge in [0.2, 0.25) is 0 Å². The normalized spacial score (nSPS) is 11.9. The van der Waals surface area contributed by atoms with Gasteiger partial charge in [-0.1, -0.05) is 42.5 Å². The molecule has 0 radical (unpaired) electrons. The van der Waals surface area contributed by atoms with Crippen LogP contribution < -0.4 is 10.6 Å². The lowest BCUT2D eigenvalue weighted by atomic mass is 10.1. The van der Waals surface area contributed by atoms with E-state index in [2.05, 4.69) is 10.6 Å². The number of ether oxygens (including phenoxy) is 2. The molecule has 0 heterocycles. The largest absolute Gasteiger partial charge is 0.467 e. The average molecular weight is 412 g/mol. The first kappa shape index (κ1) is 22.9. The third-order valence-corrected chi connectivity index (χ3v) is 4.13. The maximum Gasteiger partial charge on any atom is 0.407 e. The second-order valence-electron chi connectivity index (χ2n) is 7.79. The van der Waals surface area contributed by atoms with Gasteiger partial charge in [-0.3, -0.25) is 4.79 Å². The fourth-order valence-corrected chi connectivity index (χ4v) is 2.69. The predicted molar refractivity (Wildman–Crippen MR) is 113 cm³/mol. The molecule has 2 aromatic rings. The minimum atomic E-state index is -0.793. The van der Waals surface area contributed by atoms with E-state index < -0.39 is 23.7 Å². The number of hydrogen-bond donors (Lipinski definition) is 2. The number of carbonyl (C=O) groups is 3. The van der Waals surface area contributed by atoms with Gasteiger partial charge in [-0.25, -0.2) is 9.59 Å². The topological polar surface area (TPSA) is 93.7 Å². The third kappa shape index (κ3) is 7.58. The Labute approximate surface area is 176 Å². The number of esters is 1. The zero-order valence-corrected chi connectivity index (χ0v) is 17.7. The van der Waals surface area contributed by atoms with Gasteiger partial charge in [-0.15, -0.1) is 0 Å². The van der Waals surface area contributed by atoms with Crippen molar-refractivity contribution >= 4 is 18.0 Å². The molecule has 0 aliphatic heterocycles. The van der Waals surface area contributed by atoms with Gasteiger partial charge in [0.25, 0.3) is 5.91 Å². The Bertz CT molecular complexity index is 857. The van der Waals surface area contributed by atoms with Crippen LogP contribution in [0.2, 0.25) is 0 Å². The monoisotopic (exact) mass is 412 g/mol. The van der Waals surface area contributed by atoms with Gasteiger partial charge < -0.3 is 20.1 Å². The van der Waals surface area contributed by atoms with E-state index >= 15 is 0 Å². The van der Waals surface area contributed by atoms with E-state index in [0.29, 0.717) is 12.0 Å². The van der Waals surface area contributed by atoms with Gasteiger partial charge in [-0.2, -0.15) is 0 Å². The van der Waals surface area contributed by atoms with Gasteiger partial charge in [-0.05, 0) is 44.0 Å². The second kappa shape index (κ2) is 10.4. The Hall–Kier alpha value is -3.35. The van der Waals surface area contributed by atoms with Crippen molar-refractivity contribution in [3.8, 4) is 0 Å². The maximum absolute atomic E-state index is 12.6. The number of rotatable bonds is 7. The van der Waals surface area contributed by atoms with E-state index in [1.807, 2.05) is 30.3 Å². The Kier molecular flexibility index (Phi) is 7.98. The fourth-order valence-electron chi connectivity index (χ4n) is 2.69. The van der Waals surface area contributed by atoms with E-state index in [0.717, 1.165) is 11.1 Å². The summed E-state index contributed by atoms with van der Waals surface area (Å²) in [5.74, 6) is -0.890. The quantitative estimate of drug-likeness (QED) is 0.681. The summed E-state index contributed by atoms with van der Waals surface area (Å²) >= 11 is 0. The lowest BCUT2D eigenvalue weighted by molar-refractivity contribution is -0.142. The van der Waals surface area contributed by atoms with Crippen LogP contribution >= 0.6 is 0 Å². The number of nitrogens with one attached hydrogen (secondary N) is 2. The highest BCUT2D eigenvalue weighted by molar-refractivity contribution is 5.96. The molecule has 0 saturated heterocycles. The summed E-state index contributed by atoms with van der Waals surface area (Å²) in [6, 6.07) is 15.3. The lowest BCUT2D eigenvalue weighted by Gasteiger charge is -2.19. The van der Waals surface area contributed by atoms with Crippen molar-refractivity contribution in [1.82, 2.24) is 10.6 Å². The first-order valence-electron chi connectivity index (χ1n) is 9.66. The van der Waals surface area contributed by atoms with Gasteiger partial charge in [0.15, 0.2) is 0 Å². The molecule has 0 aliphatic carbocycles. The zero-order valence-electron chi connectivity index (χ0n) is 17.7. The standard InChI is InChI=1S/C23H28N2O5/c1-23(2,3)30-22(28)24-15-17-10-12-18(13-11-17)20(26)25-19(21(27)29-4)14-16-8-6-5-7-9-16/h5-13,19H,14-15H2,1-4H3,(H,24,28)(H,25,26)/t19-/m0/s1. The molecule has 1 atom stereocenters. The first-order chi connectivity index (χ1) is 14.2. The Balaban J connectivity index is 1.96. The molecule has 2 rings (SSSR count). The molecule has 7 nitrogen and oxygen atoms in total. The predicted octanol–water partition coefficient (Wildman–Crippen LogP) is 3.23. The SMILES string of the molecule is COC(=O)[C@H](Cc1ccccc1)NC(=O)c1ccc(CNC(=O)OC(C)(C)C)cc1. The Morgan fingerprint density at radius 3 is 2.13 bits per heavy atom. The zero-order chi connectivity index (χ0) is 22.1. The first-order valence-corrected chi connectivity index (χ1v) is 9.66. The van der Waals surface area contributed by atoms with Gasteiger partial charge in [0, 0.05) is 18.5 Å². The minimum absolute atomic E-state index is 0.273. The van der Waals surface area contributed by atoms with Crippen molar-refractivity contribution in [2.45, 2.75) is 45.4 Å². The molecule has 0 unspecified atom stereocenters. The summed E-state index contributed by atoms with van der Waals surface area (Å²) < 4.78 is 10.0. The number of alkyl carbamates (subject to hydrolysis) is 1. The van der Waals surface area contributed by atoms with Crippen LogP contribution in [0.3, 0.4) is 0 Å². The molecular formula is C23H28N2O5. The molecule has 160 valence electrons. The highest BCUT2D eigenvalue weighted by atomic mass is 16.6. The van der Waals surface area contributed by atoms with Crippen molar-refractivity contribution in [2.24, 2.45) is 0 Å². The van der Waals surface area contributed by atoms with Crippen LogP contribution in [0.4, 0.5) is 4.79 Å². The van der Waals surface area contributed by atoms with E-state index in [4.69, 9.17) is 9.47 Å². The van der Waals surface area contributed by atoms with Crippen LogP contribution in [0.1, 0.15) is 42.3 Å². The van der Waals surface area contributed by atoms with Crippen molar-refractivity contribution in [1.29, 1.82) is 0 Å². The van der Waals surface area contributed by atoms with Crippen molar-refractivity contribution in [3.63, 3.8) is 0 Å². The number of carbonyl (C=O) groups excluding carboxylic acids is 3. The van der Waals surface area contributed by atoms with E-state index in [-0.39, 0.29) is 12.5 Å². The summed E-state index contributed by atoms with van der Waals surface area (Å²) in [7, 11) is 1.29. The molecule has 0 aromatic heterocycles. The van der Waals surface area contributed by atoms with E-state index in [1.165, 1.54) is 7.11 Å². The van der Waals surface area contributed by atoms with E-state index in [9.17, 15) is 14.4 Å². The van der Waals surface area contributed by atoms with E-state index in [1.54, 1.807) is 45.0 Å². The van der Waals surface area contributed by atoms with Crippen LogP contribution in [0.5, 0.6) is 0 Å².